The second-order valence-corrected chi connectivity index (χ2v) is 17.2. The van der Waals surface area contributed by atoms with E-state index in [2.05, 4.69) is 34.1 Å². The Morgan fingerprint density at radius 3 is 1.88 bits per heavy atom. The SMILES string of the molecule is CS(=O)(=O)c1ccc(S(=O)(=O)CCC2CCN(CCC(c3ccccc3)N3CCN(S(C)(=O)=O)CC3)CC2)cc1. The maximum atomic E-state index is 12.8. The molecule has 2 fully saturated rings. The van der Waals surface area contributed by atoms with Crippen molar-refractivity contribution in [3.63, 3.8) is 0 Å². The Kier molecular flexibility index (Phi) is 10.1. The van der Waals surface area contributed by atoms with Crippen LogP contribution in [0.5, 0.6) is 0 Å². The minimum absolute atomic E-state index is 0.0609. The number of hydrogen-bond acceptors (Lipinski definition) is 8. The van der Waals surface area contributed by atoms with Crippen LogP contribution in [0.15, 0.2) is 64.4 Å². The fourth-order valence-electron chi connectivity index (χ4n) is 5.72. The van der Waals surface area contributed by atoms with Gasteiger partial charge in [-0.1, -0.05) is 30.3 Å². The predicted octanol–water partition coefficient (Wildman–Crippen LogP) is 2.67. The smallest absolute Gasteiger partial charge is 0.211 e. The number of piperidine rings is 1. The van der Waals surface area contributed by atoms with Gasteiger partial charge in [-0.3, -0.25) is 4.90 Å². The van der Waals surface area contributed by atoms with E-state index in [0.717, 1.165) is 45.2 Å². The summed E-state index contributed by atoms with van der Waals surface area (Å²) in [6.07, 6.45) is 5.82. The van der Waals surface area contributed by atoms with Crippen molar-refractivity contribution in [3.8, 4) is 0 Å². The number of benzene rings is 2. The van der Waals surface area contributed by atoms with Gasteiger partial charge in [-0.2, -0.15) is 4.31 Å². The molecule has 0 aliphatic carbocycles. The highest BCUT2D eigenvalue weighted by molar-refractivity contribution is 7.91. The van der Waals surface area contributed by atoms with Gasteiger partial charge in [-0.05, 0) is 81.1 Å². The van der Waals surface area contributed by atoms with Crippen LogP contribution in [-0.4, -0.2) is 103 Å². The normalized spacial score (nSPS) is 19.9. The molecular formula is C28H41N3O6S3. The molecule has 0 radical (unpaired) electrons. The van der Waals surface area contributed by atoms with Gasteiger partial charge in [0.05, 0.1) is 21.8 Å². The van der Waals surface area contributed by atoms with Crippen molar-refractivity contribution in [2.45, 2.75) is 41.5 Å². The summed E-state index contributed by atoms with van der Waals surface area (Å²) in [7, 11) is -10.0. The lowest BCUT2D eigenvalue weighted by Crippen LogP contribution is -2.49. The number of sulfonamides is 1. The summed E-state index contributed by atoms with van der Waals surface area (Å²) in [4.78, 5) is 5.14. The Morgan fingerprint density at radius 1 is 0.750 bits per heavy atom. The fourth-order valence-corrected chi connectivity index (χ4v) is 8.61. The molecule has 12 heteroatoms. The molecule has 0 aromatic heterocycles. The van der Waals surface area contributed by atoms with Crippen LogP contribution >= 0.6 is 0 Å². The zero-order valence-corrected chi connectivity index (χ0v) is 25.8. The Bertz CT molecular complexity index is 1430. The molecule has 2 saturated heterocycles. The number of nitrogens with zero attached hydrogens (tertiary/aromatic N) is 3. The van der Waals surface area contributed by atoms with E-state index < -0.39 is 29.7 Å². The van der Waals surface area contributed by atoms with E-state index in [0.29, 0.717) is 38.5 Å². The van der Waals surface area contributed by atoms with Crippen LogP contribution in [-0.2, 0) is 29.7 Å². The van der Waals surface area contributed by atoms with Gasteiger partial charge in [-0.25, -0.2) is 25.3 Å². The van der Waals surface area contributed by atoms with Crippen molar-refractivity contribution < 1.29 is 25.3 Å². The quantitative estimate of drug-likeness (QED) is 0.381. The molecule has 2 aliphatic heterocycles. The molecule has 1 unspecified atom stereocenters. The van der Waals surface area contributed by atoms with E-state index >= 15 is 0 Å². The van der Waals surface area contributed by atoms with Gasteiger partial charge in [0.15, 0.2) is 19.7 Å². The standard InChI is InChI=1S/C28H41N3O6S3/c1-38(32,33)26-8-10-27(11-9-26)40(36,37)23-15-24-12-16-29(17-13-24)18-14-28(25-6-4-3-5-7-25)30-19-21-31(22-20-30)39(2,34)35/h3-11,24,28H,12-23H2,1-2H3. The molecule has 0 saturated carbocycles. The van der Waals surface area contributed by atoms with Crippen LogP contribution in [0.2, 0.25) is 0 Å². The lowest BCUT2D eigenvalue weighted by atomic mass is 9.93. The minimum atomic E-state index is -3.47. The highest BCUT2D eigenvalue weighted by Gasteiger charge is 2.29. The molecule has 1 atom stereocenters. The van der Waals surface area contributed by atoms with Crippen molar-refractivity contribution >= 4 is 29.7 Å². The summed E-state index contributed by atoms with van der Waals surface area (Å²) in [5.74, 6) is 0.404. The largest absolute Gasteiger partial charge is 0.303 e. The zero-order valence-electron chi connectivity index (χ0n) is 23.4. The lowest BCUT2D eigenvalue weighted by Gasteiger charge is -2.40. The molecule has 2 aliphatic rings. The van der Waals surface area contributed by atoms with Crippen molar-refractivity contribution in [1.82, 2.24) is 14.1 Å². The van der Waals surface area contributed by atoms with Crippen LogP contribution in [0.1, 0.15) is 37.3 Å². The van der Waals surface area contributed by atoms with E-state index in [1.165, 1.54) is 36.1 Å². The maximum absolute atomic E-state index is 12.8. The molecule has 9 nitrogen and oxygen atoms in total. The molecule has 2 aromatic carbocycles. The van der Waals surface area contributed by atoms with Crippen molar-refractivity contribution in [1.29, 1.82) is 0 Å². The van der Waals surface area contributed by atoms with Gasteiger partial charge in [0.2, 0.25) is 10.0 Å². The highest BCUT2D eigenvalue weighted by Crippen LogP contribution is 2.28. The molecule has 0 spiro atoms. The molecule has 40 heavy (non-hydrogen) atoms. The average Bonchev–Trinajstić information content (AvgIpc) is 2.93. The summed E-state index contributed by atoms with van der Waals surface area (Å²) >= 11 is 0. The Labute approximate surface area is 240 Å². The van der Waals surface area contributed by atoms with Crippen LogP contribution in [0, 0.1) is 5.92 Å². The van der Waals surface area contributed by atoms with Gasteiger partial charge in [0.25, 0.3) is 0 Å². The van der Waals surface area contributed by atoms with Crippen LogP contribution in [0.4, 0.5) is 0 Å². The first-order valence-corrected chi connectivity index (χ1v) is 19.2. The number of sulfone groups is 2. The number of piperazine rings is 1. The zero-order chi connectivity index (χ0) is 29.0. The summed E-state index contributed by atoms with van der Waals surface area (Å²) < 4.78 is 74.5. The topological polar surface area (TPSA) is 112 Å². The Hall–Kier alpha value is -1.83. The van der Waals surface area contributed by atoms with E-state index in [1.54, 1.807) is 4.31 Å². The lowest BCUT2D eigenvalue weighted by molar-refractivity contribution is 0.110. The first kappa shape index (κ1) is 31.1. The van der Waals surface area contributed by atoms with Gasteiger partial charge in [0, 0.05) is 38.5 Å². The molecule has 0 N–H and O–H groups in total. The molecule has 0 amide bonds. The number of hydrogen-bond donors (Lipinski definition) is 0. The first-order chi connectivity index (χ1) is 18.8. The van der Waals surface area contributed by atoms with Crippen LogP contribution < -0.4 is 0 Å². The molecular weight excluding hydrogens is 571 g/mol. The third kappa shape index (κ3) is 8.36. The fraction of sp³-hybridized carbons (Fsp3) is 0.571. The van der Waals surface area contributed by atoms with E-state index in [-0.39, 0.29) is 21.6 Å². The van der Waals surface area contributed by atoms with Crippen LogP contribution in [0.25, 0.3) is 0 Å². The molecule has 2 aromatic rings. The number of likely N-dealkylation sites (tertiary alicyclic amines) is 1. The van der Waals surface area contributed by atoms with Gasteiger partial charge in [-0.15, -0.1) is 0 Å². The highest BCUT2D eigenvalue weighted by atomic mass is 32.2. The Balaban J connectivity index is 1.27. The third-order valence-electron chi connectivity index (χ3n) is 8.20. The average molecular weight is 612 g/mol. The summed E-state index contributed by atoms with van der Waals surface area (Å²) in [5, 5.41) is 0. The molecule has 4 rings (SSSR count). The summed E-state index contributed by atoms with van der Waals surface area (Å²) in [6.45, 7) is 5.23. The second-order valence-electron chi connectivity index (χ2n) is 11.0. The first-order valence-electron chi connectivity index (χ1n) is 13.8. The Morgan fingerprint density at radius 2 is 1.32 bits per heavy atom. The van der Waals surface area contributed by atoms with Crippen LogP contribution in [0.3, 0.4) is 0 Å². The van der Waals surface area contributed by atoms with Crippen molar-refractivity contribution in [2.75, 3.05) is 64.1 Å². The maximum Gasteiger partial charge on any atom is 0.211 e. The van der Waals surface area contributed by atoms with Gasteiger partial charge >= 0.3 is 0 Å². The second kappa shape index (κ2) is 13.0. The van der Waals surface area contributed by atoms with Gasteiger partial charge < -0.3 is 4.90 Å². The molecule has 0 bridgehead atoms. The monoisotopic (exact) mass is 611 g/mol. The van der Waals surface area contributed by atoms with Crippen molar-refractivity contribution in [3.05, 3.63) is 60.2 Å². The summed E-state index contributed by atoms with van der Waals surface area (Å²) in [5.41, 5.74) is 1.25. The third-order valence-corrected chi connectivity index (χ3v) is 12.4. The van der Waals surface area contributed by atoms with E-state index in [9.17, 15) is 25.3 Å². The van der Waals surface area contributed by atoms with Crippen molar-refractivity contribution in [2.24, 2.45) is 5.92 Å². The minimum Gasteiger partial charge on any atom is -0.303 e. The summed E-state index contributed by atoms with van der Waals surface area (Å²) in [6, 6.07) is 16.1. The van der Waals surface area contributed by atoms with E-state index in [1.807, 2.05) is 6.07 Å². The van der Waals surface area contributed by atoms with Gasteiger partial charge in [0.1, 0.15) is 0 Å². The van der Waals surface area contributed by atoms with E-state index in [4.69, 9.17) is 0 Å². The molecule has 222 valence electrons. The number of rotatable bonds is 11. The molecule has 2 heterocycles. The predicted molar refractivity (Wildman–Crippen MR) is 157 cm³/mol.